The zero-order valence-electron chi connectivity index (χ0n) is 21.0. The third kappa shape index (κ3) is 4.64. The summed E-state index contributed by atoms with van der Waals surface area (Å²) in [5.74, 6) is 0.226. The van der Waals surface area contributed by atoms with Crippen LogP contribution in [0.4, 0.5) is 5.69 Å². The second-order valence-electron chi connectivity index (χ2n) is 9.85. The fraction of sp³-hybridized carbons (Fsp3) is 0.310. The maximum Gasteiger partial charge on any atom is 0.253 e. The molecule has 0 aromatic heterocycles. The number of methoxy groups -OCH3 is 1. The smallest absolute Gasteiger partial charge is 0.253 e. The minimum Gasteiger partial charge on any atom is -0.496 e. The Balaban J connectivity index is 1.57. The van der Waals surface area contributed by atoms with Crippen molar-refractivity contribution in [2.75, 3.05) is 25.1 Å². The number of fused-ring (bicyclic) bond motifs is 1. The van der Waals surface area contributed by atoms with Crippen LogP contribution < -0.4 is 9.64 Å². The number of nitrogens with zero attached hydrogens (tertiary/aromatic N) is 2. The van der Waals surface area contributed by atoms with Crippen LogP contribution in [0.5, 0.6) is 5.75 Å². The molecular weight excluding hydrogens is 547 g/mol. The number of halogens is 3. The normalized spacial score (nSPS) is 19.6. The molecule has 1 atom stereocenters. The van der Waals surface area contributed by atoms with Crippen LogP contribution in [-0.4, -0.2) is 48.1 Å². The van der Waals surface area contributed by atoms with Crippen molar-refractivity contribution in [3.8, 4) is 5.75 Å². The lowest BCUT2D eigenvalue weighted by molar-refractivity contribution is -0.121. The zero-order chi connectivity index (χ0) is 27.2. The number of likely N-dealkylation sites (tertiary alicyclic amines) is 1. The highest BCUT2D eigenvalue weighted by molar-refractivity contribution is 6.33. The van der Waals surface area contributed by atoms with Crippen molar-refractivity contribution >= 4 is 52.3 Å². The average molecular weight is 574 g/mol. The number of piperidine rings is 1. The molecule has 2 aliphatic rings. The molecule has 5 rings (SSSR count). The first-order valence-corrected chi connectivity index (χ1v) is 13.5. The summed E-state index contributed by atoms with van der Waals surface area (Å²) in [7, 11) is 1.56. The van der Waals surface area contributed by atoms with E-state index in [-0.39, 0.29) is 24.5 Å². The van der Waals surface area contributed by atoms with Crippen molar-refractivity contribution in [2.45, 2.75) is 37.8 Å². The van der Waals surface area contributed by atoms with Crippen molar-refractivity contribution in [3.63, 3.8) is 0 Å². The van der Waals surface area contributed by atoms with E-state index in [1.165, 1.54) is 0 Å². The Morgan fingerprint density at radius 2 is 1.68 bits per heavy atom. The van der Waals surface area contributed by atoms with Gasteiger partial charge in [-0.25, -0.2) is 0 Å². The SMILES string of the molecule is COc1cc(Cl)ccc1CN1C(=O)C(C)(c2cc(C(=O)N3CCC(O)CC3)ccc2Cl)c2cc(Cl)ccc21. The Hall–Kier alpha value is -2.77. The summed E-state index contributed by atoms with van der Waals surface area (Å²) in [6.07, 6.45) is 0.690. The molecule has 0 aliphatic carbocycles. The van der Waals surface area contributed by atoms with E-state index in [9.17, 15) is 14.7 Å². The molecule has 1 unspecified atom stereocenters. The summed E-state index contributed by atoms with van der Waals surface area (Å²) < 4.78 is 5.52. The summed E-state index contributed by atoms with van der Waals surface area (Å²) in [5.41, 5.74) is 1.98. The lowest BCUT2D eigenvalue weighted by atomic mass is 9.76. The third-order valence-corrected chi connectivity index (χ3v) is 8.34. The van der Waals surface area contributed by atoms with Gasteiger partial charge in [-0.2, -0.15) is 0 Å². The molecule has 1 saturated heterocycles. The minimum atomic E-state index is -1.19. The Morgan fingerprint density at radius 1 is 1.00 bits per heavy atom. The number of ether oxygens (including phenoxy) is 1. The lowest BCUT2D eigenvalue weighted by Crippen LogP contribution is -2.41. The van der Waals surface area contributed by atoms with E-state index in [0.717, 1.165) is 5.56 Å². The van der Waals surface area contributed by atoms with Gasteiger partial charge in [0.25, 0.3) is 5.91 Å². The van der Waals surface area contributed by atoms with Gasteiger partial charge in [-0.3, -0.25) is 9.59 Å². The maximum absolute atomic E-state index is 14.3. The van der Waals surface area contributed by atoms with E-state index < -0.39 is 5.41 Å². The molecule has 3 aromatic carbocycles. The number of rotatable bonds is 5. The van der Waals surface area contributed by atoms with Crippen LogP contribution >= 0.6 is 34.8 Å². The lowest BCUT2D eigenvalue weighted by Gasteiger charge is -2.30. The number of carbonyl (C=O) groups is 2. The van der Waals surface area contributed by atoms with Gasteiger partial charge in [0.15, 0.2) is 0 Å². The molecule has 1 fully saturated rings. The monoisotopic (exact) mass is 572 g/mol. The van der Waals surface area contributed by atoms with Crippen molar-refractivity contribution in [1.29, 1.82) is 0 Å². The molecule has 2 amide bonds. The van der Waals surface area contributed by atoms with E-state index in [0.29, 0.717) is 69.1 Å². The van der Waals surface area contributed by atoms with E-state index in [1.807, 2.05) is 19.1 Å². The molecule has 0 spiro atoms. The maximum atomic E-state index is 14.3. The van der Waals surface area contributed by atoms with E-state index in [4.69, 9.17) is 39.5 Å². The highest BCUT2D eigenvalue weighted by atomic mass is 35.5. The number of carbonyl (C=O) groups excluding carboxylic acids is 2. The van der Waals surface area contributed by atoms with E-state index in [1.54, 1.807) is 59.4 Å². The molecule has 3 aromatic rings. The van der Waals surface area contributed by atoms with Crippen LogP contribution in [0.3, 0.4) is 0 Å². The van der Waals surface area contributed by atoms with Crippen LogP contribution in [0, 0.1) is 0 Å². The predicted octanol–water partition coefficient (Wildman–Crippen LogP) is 6.11. The number of aliphatic hydroxyl groups excluding tert-OH is 1. The predicted molar refractivity (Wildman–Crippen MR) is 150 cm³/mol. The summed E-state index contributed by atoms with van der Waals surface area (Å²) in [6.45, 7) is 3.01. The number of aliphatic hydroxyl groups is 1. The number of anilines is 1. The van der Waals surface area contributed by atoms with Crippen LogP contribution in [0.1, 0.15) is 46.8 Å². The van der Waals surface area contributed by atoms with Gasteiger partial charge in [-0.15, -0.1) is 0 Å². The standard InChI is InChI=1S/C29H27Cl3N2O4/c1-29(22-13-17(4-7-24(22)32)27(36)33-11-9-21(35)10-12-33)23-14-19(30)6-8-25(23)34(28(29)37)16-18-3-5-20(31)15-26(18)38-2/h3-8,13-15,21,35H,9-12,16H2,1-2H3. The van der Waals surface area contributed by atoms with Gasteiger partial charge < -0.3 is 19.6 Å². The summed E-state index contributed by atoms with van der Waals surface area (Å²) in [6, 6.07) is 15.7. The minimum absolute atomic E-state index is 0.155. The number of hydrogen-bond acceptors (Lipinski definition) is 4. The van der Waals surface area contributed by atoms with Crippen LogP contribution in [-0.2, 0) is 16.8 Å². The molecule has 1 N–H and O–H groups in total. The number of amides is 2. The highest BCUT2D eigenvalue weighted by Crippen LogP contribution is 2.49. The first-order valence-electron chi connectivity index (χ1n) is 12.3. The molecule has 6 nitrogen and oxygen atoms in total. The second-order valence-corrected chi connectivity index (χ2v) is 11.1. The molecule has 2 heterocycles. The van der Waals surface area contributed by atoms with Crippen molar-refractivity contribution in [3.05, 3.63) is 91.9 Å². The summed E-state index contributed by atoms with van der Waals surface area (Å²) in [4.78, 5) is 31.0. The molecule has 0 bridgehead atoms. The largest absolute Gasteiger partial charge is 0.496 e. The third-order valence-electron chi connectivity index (χ3n) is 7.54. The average Bonchev–Trinajstić information content (AvgIpc) is 3.11. The molecule has 38 heavy (non-hydrogen) atoms. The fourth-order valence-corrected chi connectivity index (χ4v) is 6.01. The Bertz CT molecular complexity index is 1420. The van der Waals surface area contributed by atoms with Gasteiger partial charge >= 0.3 is 0 Å². The Labute approximate surface area is 236 Å². The number of benzene rings is 3. The summed E-state index contributed by atoms with van der Waals surface area (Å²) in [5, 5.41) is 11.2. The quantitative estimate of drug-likeness (QED) is 0.400. The van der Waals surface area contributed by atoms with Crippen molar-refractivity contribution in [2.24, 2.45) is 0 Å². The van der Waals surface area contributed by atoms with Gasteiger partial charge in [0.2, 0.25) is 5.91 Å². The molecule has 2 aliphatic heterocycles. The Morgan fingerprint density at radius 3 is 2.39 bits per heavy atom. The van der Waals surface area contributed by atoms with Gasteiger partial charge in [-0.05, 0) is 79.4 Å². The highest BCUT2D eigenvalue weighted by Gasteiger charge is 2.50. The summed E-state index contributed by atoms with van der Waals surface area (Å²) >= 11 is 19.3. The molecular formula is C29H27Cl3N2O4. The van der Waals surface area contributed by atoms with Crippen molar-refractivity contribution in [1.82, 2.24) is 4.90 Å². The van der Waals surface area contributed by atoms with E-state index in [2.05, 4.69) is 0 Å². The van der Waals surface area contributed by atoms with Crippen LogP contribution in [0.15, 0.2) is 54.6 Å². The van der Waals surface area contributed by atoms with Crippen LogP contribution in [0.25, 0.3) is 0 Å². The van der Waals surface area contributed by atoms with Crippen molar-refractivity contribution < 1.29 is 19.4 Å². The van der Waals surface area contributed by atoms with Gasteiger partial charge in [-0.1, -0.05) is 40.9 Å². The van der Waals surface area contributed by atoms with Gasteiger partial charge in [0.05, 0.1) is 19.8 Å². The topological polar surface area (TPSA) is 70.1 Å². The van der Waals surface area contributed by atoms with Crippen LogP contribution in [0.2, 0.25) is 15.1 Å². The fourth-order valence-electron chi connectivity index (χ4n) is 5.37. The zero-order valence-corrected chi connectivity index (χ0v) is 23.3. The molecule has 198 valence electrons. The number of hydrogen-bond donors (Lipinski definition) is 1. The van der Waals surface area contributed by atoms with Gasteiger partial charge in [0.1, 0.15) is 11.2 Å². The molecule has 0 radical (unpaired) electrons. The molecule has 0 saturated carbocycles. The molecule has 9 heteroatoms. The first-order chi connectivity index (χ1) is 18.1. The van der Waals surface area contributed by atoms with E-state index >= 15 is 0 Å². The first kappa shape index (κ1) is 26.8. The van der Waals surface area contributed by atoms with Gasteiger partial charge in [0, 0.05) is 45.0 Å². The Kier molecular flexibility index (Phi) is 7.35. The second kappa shape index (κ2) is 10.4.